The molecular formula is C28H21NS. The molecule has 4 aromatic carbocycles. The highest BCUT2D eigenvalue weighted by Crippen LogP contribution is 2.46. The van der Waals surface area contributed by atoms with Crippen LogP contribution in [0.25, 0.3) is 53.0 Å². The van der Waals surface area contributed by atoms with Crippen LogP contribution in [0.3, 0.4) is 0 Å². The minimum atomic E-state index is -2.77. The lowest BCUT2D eigenvalue weighted by molar-refractivity contribution is 1.29. The molecule has 0 saturated heterocycles. The zero-order chi connectivity index (χ0) is 27.9. The first-order valence-electron chi connectivity index (χ1n) is 14.1. The van der Waals surface area contributed by atoms with Crippen molar-refractivity contribution in [1.29, 1.82) is 0 Å². The molecule has 6 rings (SSSR count). The van der Waals surface area contributed by atoms with Gasteiger partial charge in [-0.25, -0.2) is 0 Å². The molecule has 0 N–H and O–H groups in total. The van der Waals surface area contributed by atoms with Crippen molar-refractivity contribution in [3.8, 4) is 10.4 Å². The Morgan fingerprint density at radius 2 is 1.47 bits per heavy atom. The molecular weight excluding hydrogens is 382 g/mol. The Hall–Kier alpha value is -3.23. The van der Waals surface area contributed by atoms with E-state index in [1.54, 1.807) is 6.07 Å². The first-order valence-corrected chi connectivity index (χ1v) is 10.4. The molecule has 0 saturated carbocycles. The van der Waals surface area contributed by atoms with Gasteiger partial charge in [-0.15, -0.1) is 11.3 Å². The molecule has 0 unspecified atom stereocenters. The van der Waals surface area contributed by atoms with Gasteiger partial charge >= 0.3 is 0 Å². The third kappa shape index (κ3) is 2.31. The van der Waals surface area contributed by atoms with E-state index >= 15 is 0 Å². The molecule has 30 heavy (non-hydrogen) atoms. The monoisotopic (exact) mass is 412 g/mol. The second-order valence-electron chi connectivity index (χ2n) is 7.35. The van der Waals surface area contributed by atoms with E-state index in [0.29, 0.717) is 36.6 Å². The van der Waals surface area contributed by atoms with Gasteiger partial charge in [-0.05, 0) is 59.0 Å². The maximum Gasteiger partial charge on any atom is 0.0790 e. The predicted octanol–water partition coefficient (Wildman–Crippen LogP) is 8.35. The number of rotatable bonds is 1. The zero-order valence-corrected chi connectivity index (χ0v) is 16.6. The summed E-state index contributed by atoms with van der Waals surface area (Å²) in [6, 6.07) is 20.2. The quantitative estimate of drug-likeness (QED) is 0.247. The normalized spacial score (nSPS) is 17.5. The van der Waals surface area contributed by atoms with Gasteiger partial charge in [0.15, 0.2) is 0 Å². The summed E-state index contributed by atoms with van der Waals surface area (Å²) in [7, 11) is 0. The number of aryl methyl sites for hydroxylation is 3. The Morgan fingerprint density at radius 1 is 0.700 bits per heavy atom. The maximum atomic E-state index is 8.42. The van der Waals surface area contributed by atoms with E-state index in [2.05, 4.69) is 4.98 Å². The Labute approximate surface area is 192 Å². The summed E-state index contributed by atoms with van der Waals surface area (Å²) in [6.45, 7) is -7.93. The lowest BCUT2D eigenvalue weighted by Gasteiger charge is -2.14. The van der Waals surface area contributed by atoms with E-state index in [1.165, 1.54) is 11.3 Å². The number of fused-ring (bicyclic) bond motifs is 8. The van der Waals surface area contributed by atoms with Crippen molar-refractivity contribution in [3.05, 3.63) is 89.6 Å². The SMILES string of the molecule is [2H]C([2H])([2H])c1cnc2c3ccccc3c3ccc4c(C([2H])([2H])[2H])c(-c5ccccc5)sc4c3c2c1C([2H])([2H])[2H]. The number of hydrogen-bond donors (Lipinski definition) is 0. The Morgan fingerprint density at radius 3 is 2.27 bits per heavy atom. The number of thiophene rings is 1. The fourth-order valence-electron chi connectivity index (χ4n) is 4.31. The van der Waals surface area contributed by atoms with E-state index in [-0.39, 0.29) is 22.1 Å². The van der Waals surface area contributed by atoms with Gasteiger partial charge in [-0.3, -0.25) is 4.98 Å². The van der Waals surface area contributed by atoms with Crippen LogP contribution in [0.4, 0.5) is 0 Å². The third-order valence-corrected chi connectivity index (χ3v) is 6.97. The second-order valence-corrected chi connectivity index (χ2v) is 8.37. The first kappa shape index (κ1) is 10.7. The molecule has 2 heterocycles. The number of hydrogen-bond acceptors (Lipinski definition) is 2. The van der Waals surface area contributed by atoms with Gasteiger partial charge in [0.05, 0.1) is 5.52 Å². The molecule has 0 aliphatic rings. The fourth-order valence-corrected chi connectivity index (χ4v) is 5.57. The van der Waals surface area contributed by atoms with Crippen molar-refractivity contribution in [2.45, 2.75) is 20.6 Å². The van der Waals surface area contributed by atoms with Crippen molar-refractivity contribution >= 4 is 53.9 Å². The van der Waals surface area contributed by atoms with E-state index in [1.807, 2.05) is 60.7 Å². The lowest BCUT2D eigenvalue weighted by Crippen LogP contribution is -1.92. The Bertz CT molecular complexity index is 1910. The van der Waals surface area contributed by atoms with Crippen LogP contribution < -0.4 is 0 Å². The highest BCUT2D eigenvalue weighted by molar-refractivity contribution is 7.23. The number of benzene rings is 4. The van der Waals surface area contributed by atoms with Gasteiger partial charge in [0.25, 0.3) is 0 Å². The summed E-state index contributed by atoms with van der Waals surface area (Å²) in [4.78, 5) is 5.09. The summed E-state index contributed by atoms with van der Waals surface area (Å²) in [5.74, 6) is 0. The van der Waals surface area contributed by atoms with Gasteiger partial charge in [0, 0.05) is 44.3 Å². The Balaban J connectivity index is 1.96. The van der Waals surface area contributed by atoms with Crippen LogP contribution >= 0.6 is 11.3 Å². The zero-order valence-electron chi connectivity index (χ0n) is 24.8. The summed E-state index contributed by atoms with van der Waals surface area (Å²) in [6.07, 6.45) is 1.15. The molecule has 6 aromatic rings. The number of pyridine rings is 1. The fraction of sp³-hybridized carbons (Fsp3) is 0.107. The smallest absolute Gasteiger partial charge is 0.0790 e. The molecule has 0 bridgehead atoms. The summed E-state index contributed by atoms with van der Waals surface area (Å²) >= 11 is 1.28. The Kier molecular flexibility index (Phi) is 2.28. The summed E-state index contributed by atoms with van der Waals surface area (Å²) < 4.78 is 75.3. The molecule has 0 radical (unpaired) electrons. The minimum Gasteiger partial charge on any atom is -0.255 e. The first-order chi connectivity index (χ1) is 18.3. The van der Waals surface area contributed by atoms with E-state index in [9.17, 15) is 0 Å². The predicted molar refractivity (Wildman–Crippen MR) is 132 cm³/mol. The lowest BCUT2D eigenvalue weighted by atomic mass is 9.92. The third-order valence-electron chi connectivity index (χ3n) is 5.70. The van der Waals surface area contributed by atoms with Crippen molar-refractivity contribution in [2.75, 3.05) is 0 Å². The van der Waals surface area contributed by atoms with Crippen LogP contribution in [0, 0.1) is 20.6 Å². The van der Waals surface area contributed by atoms with Crippen LogP contribution in [-0.4, -0.2) is 4.98 Å². The molecule has 0 spiro atoms. The van der Waals surface area contributed by atoms with Crippen molar-refractivity contribution < 1.29 is 12.3 Å². The van der Waals surface area contributed by atoms with E-state index < -0.39 is 20.6 Å². The van der Waals surface area contributed by atoms with Crippen LogP contribution in [0.2, 0.25) is 0 Å². The van der Waals surface area contributed by atoms with Crippen LogP contribution in [-0.2, 0) is 0 Å². The van der Waals surface area contributed by atoms with Crippen molar-refractivity contribution in [1.82, 2.24) is 4.98 Å². The summed E-state index contributed by atoms with van der Waals surface area (Å²) in [5, 5.41) is 3.43. The van der Waals surface area contributed by atoms with Gasteiger partial charge in [-0.2, -0.15) is 0 Å². The van der Waals surface area contributed by atoms with Crippen LogP contribution in [0.15, 0.2) is 72.9 Å². The van der Waals surface area contributed by atoms with Crippen molar-refractivity contribution in [2.24, 2.45) is 0 Å². The van der Waals surface area contributed by atoms with Crippen molar-refractivity contribution in [3.63, 3.8) is 0 Å². The van der Waals surface area contributed by atoms with Gasteiger partial charge < -0.3 is 0 Å². The number of nitrogens with zero attached hydrogens (tertiary/aromatic N) is 1. The highest BCUT2D eigenvalue weighted by atomic mass is 32.1. The van der Waals surface area contributed by atoms with E-state index in [4.69, 9.17) is 12.3 Å². The van der Waals surface area contributed by atoms with E-state index in [0.717, 1.165) is 17.1 Å². The van der Waals surface area contributed by atoms with Crippen LogP contribution in [0.1, 0.15) is 29.0 Å². The average molecular weight is 413 g/mol. The summed E-state index contributed by atoms with van der Waals surface area (Å²) in [5.41, 5.74) is 0.683. The molecule has 0 fully saturated rings. The molecule has 0 amide bonds. The van der Waals surface area contributed by atoms with Crippen LogP contribution in [0.5, 0.6) is 0 Å². The molecule has 0 atom stereocenters. The molecule has 0 aliphatic carbocycles. The molecule has 2 aromatic heterocycles. The standard InChI is InChI=1S/C28H21NS/c1-16-15-29-26-23-12-8-7-11-21(23)22-14-13-20-18(3)27(19-9-5-4-6-10-19)30-28(20)25(22)24(26)17(16)2/h4-15H,1-3H3/i1D3,2D3,3D3. The molecule has 0 aliphatic heterocycles. The van der Waals surface area contributed by atoms with Gasteiger partial charge in [0.1, 0.15) is 0 Å². The molecule has 144 valence electrons. The molecule has 1 nitrogen and oxygen atoms in total. The average Bonchev–Trinajstić information content (AvgIpc) is 3.28. The second kappa shape index (κ2) is 6.38. The highest BCUT2D eigenvalue weighted by Gasteiger charge is 2.18. The topological polar surface area (TPSA) is 12.9 Å². The van der Waals surface area contributed by atoms with Gasteiger partial charge in [0.2, 0.25) is 0 Å². The maximum absolute atomic E-state index is 8.42. The minimum absolute atomic E-state index is 0.187. The number of aromatic nitrogens is 1. The largest absolute Gasteiger partial charge is 0.255 e. The molecule has 2 heteroatoms. The van der Waals surface area contributed by atoms with Gasteiger partial charge in [-0.1, -0.05) is 66.7 Å².